The normalized spacial score (nSPS) is 11.6. The van der Waals surface area contributed by atoms with Gasteiger partial charge in [-0.2, -0.15) is 0 Å². The van der Waals surface area contributed by atoms with E-state index in [1.54, 1.807) is 43.1 Å². The van der Waals surface area contributed by atoms with Gasteiger partial charge in [-0.3, -0.25) is 0 Å². The summed E-state index contributed by atoms with van der Waals surface area (Å²) in [7, 11) is 4.38. The van der Waals surface area contributed by atoms with Crippen molar-refractivity contribution in [2.45, 2.75) is 13.0 Å². The molecule has 18 heavy (non-hydrogen) atoms. The number of hydrogen-bond donors (Lipinski definition) is 0. The molecule has 98 valence electrons. The van der Waals surface area contributed by atoms with Crippen molar-refractivity contribution in [3.05, 3.63) is 29.8 Å². The lowest BCUT2D eigenvalue weighted by atomic mass is 10.1. The van der Waals surface area contributed by atoms with Crippen molar-refractivity contribution >= 4 is 17.6 Å². The van der Waals surface area contributed by atoms with Crippen molar-refractivity contribution in [2.75, 3.05) is 26.2 Å². The number of ether oxygens (including phenoxy) is 2. The summed E-state index contributed by atoms with van der Waals surface area (Å²) in [6.07, 6.45) is 0. The molecule has 0 aromatic heterocycles. The summed E-state index contributed by atoms with van der Waals surface area (Å²) in [4.78, 5) is 24.8. The van der Waals surface area contributed by atoms with Crippen molar-refractivity contribution in [1.29, 1.82) is 0 Å². The number of anilines is 1. The number of benzene rings is 1. The van der Waals surface area contributed by atoms with E-state index in [0.717, 1.165) is 0 Å². The van der Waals surface area contributed by atoms with E-state index >= 15 is 0 Å². The van der Waals surface area contributed by atoms with E-state index in [2.05, 4.69) is 4.74 Å². The molecule has 1 aromatic rings. The number of likely N-dealkylation sites (N-methyl/N-ethyl adjacent to an activating group) is 1. The second-order valence-electron chi connectivity index (χ2n) is 3.82. The zero-order valence-electron chi connectivity index (χ0n) is 11.0. The molecule has 1 unspecified atom stereocenters. The van der Waals surface area contributed by atoms with E-state index < -0.39 is 12.0 Å². The Morgan fingerprint density at radius 1 is 1.17 bits per heavy atom. The van der Waals surface area contributed by atoms with E-state index in [1.165, 1.54) is 14.2 Å². The van der Waals surface area contributed by atoms with Crippen LogP contribution in [0.5, 0.6) is 0 Å². The third-order valence-corrected chi connectivity index (χ3v) is 2.81. The average molecular weight is 251 g/mol. The fourth-order valence-electron chi connectivity index (χ4n) is 1.60. The van der Waals surface area contributed by atoms with Crippen LogP contribution in [0.4, 0.5) is 5.69 Å². The molecule has 1 aromatic carbocycles. The van der Waals surface area contributed by atoms with Crippen LogP contribution in [0.1, 0.15) is 17.3 Å². The van der Waals surface area contributed by atoms with Gasteiger partial charge in [0.05, 0.1) is 25.5 Å². The third-order valence-electron chi connectivity index (χ3n) is 2.81. The Labute approximate surface area is 106 Å². The number of hydrogen-bond acceptors (Lipinski definition) is 5. The SMILES string of the molecule is COC(=O)c1ccccc1N(C)C(C)C(=O)OC. The standard InChI is InChI=1S/C13H17NO4/c1-9(12(15)17-3)14(2)11-8-6-5-7-10(11)13(16)18-4/h5-9H,1-4H3. The first-order valence-corrected chi connectivity index (χ1v) is 5.51. The first-order chi connectivity index (χ1) is 8.52. The highest BCUT2D eigenvalue weighted by molar-refractivity contribution is 5.96. The molecule has 5 nitrogen and oxygen atoms in total. The van der Waals surface area contributed by atoms with Crippen LogP contribution in [0.3, 0.4) is 0 Å². The van der Waals surface area contributed by atoms with E-state index in [1.807, 2.05) is 0 Å². The fraction of sp³-hybridized carbons (Fsp3) is 0.385. The molecule has 5 heteroatoms. The lowest BCUT2D eigenvalue weighted by Gasteiger charge is -2.26. The van der Waals surface area contributed by atoms with Crippen molar-refractivity contribution < 1.29 is 19.1 Å². The first kappa shape index (κ1) is 14.0. The van der Waals surface area contributed by atoms with Gasteiger partial charge in [0.2, 0.25) is 0 Å². The fourth-order valence-corrected chi connectivity index (χ4v) is 1.60. The molecule has 0 N–H and O–H groups in total. The Hall–Kier alpha value is -2.04. The highest BCUT2D eigenvalue weighted by Crippen LogP contribution is 2.22. The van der Waals surface area contributed by atoms with Crippen molar-refractivity contribution in [2.24, 2.45) is 0 Å². The molecular formula is C13H17NO4. The third kappa shape index (κ3) is 2.80. The minimum absolute atomic E-state index is 0.364. The summed E-state index contributed by atoms with van der Waals surface area (Å²) < 4.78 is 9.40. The largest absolute Gasteiger partial charge is 0.467 e. The van der Waals surface area contributed by atoms with Gasteiger partial charge >= 0.3 is 11.9 Å². The van der Waals surface area contributed by atoms with Crippen LogP contribution in [0.15, 0.2) is 24.3 Å². The molecule has 0 saturated carbocycles. The van der Waals surface area contributed by atoms with Crippen LogP contribution in [0.25, 0.3) is 0 Å². The molecule has 0 aliphatic carbocycles. The van der Waals surface area contributed by atoms with Crippen molar-refractivity contribution in [1.82, 2.24) is 0 Å². The second-order valence-corrected chi connectivity index (χ2v) is 3.82. The maximum Gasteiger partial charge on any atom is 0.339 e. The molecule has 0 radical (unpaired) electrons. The molecule has 0 spiro atoms. The Balaban J connectivity index is 3.09. The summed E-state index contributed by atoms with van der Waals surface area (Å²) in [6, 6.07) is 6.46. The second kappa shape index (κ2) is 6.05. The first-order valence-electron chi connectivity index (χ1n) is 5.51. The summed E-state index contributed by atoms with van der Waals surface area (Å²) in [5.41, 5.74) is 1.04. The topological polar surface area (TPSA) is 55.8 Å². The minimum Gasteiger partial charge on any atom is -0.467 e. The lowest BCUT2D eigenvalue weighted by molar-refractivity contribution is -0.141. The molecule has 1 atom stereocenters. The van der Waals surface area contributed by atoms with Crippen LogP contribution < -0.4 is 4.90 Å². The van der Waals surface area contributed by atoms with Gasteiger partial charge in [-0.15, -0.1) is 0 Å². The molecular weight excluding hydrogens is 234 g/mol. The van der Waals surface area contributed by atoms with Crippen LogP contribution in [-0.4, -0.2) is 39.2 Å². The van der Waals surface area contributed by atoms with Gasteiger partial charge in [-0.25, -0.2) is 9.59 Å². The Bertz CT molecular complexity index is 444. The number of nitrogens with zero attached hydrogens (tertiary/aromatic N) is 1. The number of rotatable bonds is 4. The minimum atomic E-state index is -0.485. The summed E-state index contributed by atoms with van der Waals surface area (Å²) >= 11 is 0. The molecule has 1 rings (SSSR count). The Morgan fingerprint density at radius 2 is 1.78 bits per heavy atom. The zero-order chi connectivity index (χ0) is 13.7. The highest BCUT2D eigenvalue weighted by atomic mass is 16.5. The van der Waals surface area contributed by atoms with Gasteiger partial charge in [0.25, 0.3) is 0 Å². The number of carbonyl (C=O) groups excluding carboxylic acids is 2. The molecule has 0 fully saturated rings. The van der Waals surface area contributed by atoms with E-state index in [-0.39, 0.29) is 5.97 Å². The van der Waals surface area contributed by atoms with Crippen LogP contribution in [0.2, 0.25) is 0 Å². The maximum absolute atomic E-state index is 11.6. The van der Waals surface area contributed by atoms with Crippen LogP contribution >= 0.6 is 0 Å². The predicted molar refractivity (Wildman–Crippen MR) is 67.7 cm³/mol. The summed E-state index contributed by atoms with van der Waals surface area (Å²) in [5, 5.41) is 0. The van der Waals surface area contributed by atoms with Crippen molar-refractivity contribution in [3.8, 4) is 0 Å². The van der Waals surface area contributed by atoms with Gasteiger partial charge in [0.1, 0.15) is 6.04 Å². The molecule has 0 heterocycles. The number of para-hydroxylation sites is 1. The Morgan fingerprint density at radius 3 is 2.33 bits per heavy atom. The van der Waals surface area contributed by atoms with E-state index in [4.69, 9.17) is 4.74 Å². The van der Waals surface area contributed by atoms with Crippen molar-refractivity contribution in [3.63, 3.8) is 0 Å². The number of methoxy groups -OCH3 is 2. The van der Waals surface area contributed by atoms with E-state index in [0.29, 0.717) is 11.3 Å². The van der Waals surface area contributed by atoms with E-state index in [9.17, 15) is 9.59 Å². The molecule has 0 bridgehead atoms. The molecule has 0 aliphatic heterocycles. The molecule has 0 saturated heterocycles. The van der Waals surface area contributed by atoms with Gasteiger partial charge in [-0.05, 0) is 19.1 Å². The van der Waals surface area contributed by atoms with Gasteiger partial charge in [-0.1, -0.05) is 12.1 Å². The molecule has 0 amide bonds. The predicted octanol–water partition coefficient (Wildman–Crippen LogP) is 1.47. The summed E-state index contributed by atoms with van der Waals surface area (Å²) in [6.45, 7) is 1.71. The average Bonchev–Trinajstić information content (AvgIpc) is 2.43. The lowest BCUT2D eigenvalue weighted by Crippen LogP contribution is -2.37. The van der Waals surface area contributed by atoms with Gasteiger partial charge in [0, 0.05) is 7.05 Å². The quantitative estimate of drug-likeness (QED) is 0.758. The summed E-state index contributed by atoms with van der Waals surface area (Å²) in [5.74, 6) is -0.799. The smallest absolute Gasteiger partial charge is 0.339 e. The number of esters is 2. The number of carbonyl (C=O) groups is 2. The molecule has 0 aliphatic rings. The van der Waals surface area contributed by atoms with Crippen LogP contribution in [0, 0.1) is 0 Å². The van der Waals surface area contributed by atoms with Gasteiger partial charge < -0.3 is 14.4 Å². The van der Waals surface area contributed by atoms with Crippen LogP contribution in [-0.2, 0) is 14.3 Å². The maximum atomic E-state index is 11.6. The van der Waals surface area contributed by atoms with Gasteiger partial charge in [0.15, 0.2) is 0 Å². The Kier molecular flexibility index (Phi) is 4.71. The monoisotopic (exact) mass is 251 g/mol. The highest BCUT2D eigenvalue weighted by Gasteiger charge is 2.22. The zero-order valence-corrected chi connectivity index (χ0v) is 11.0.